The summed E-state index contributed by atoms with van der Waals surface area (Å²) in [5.41, 5.74) is 1.12. The molecule has 2 aromatic rings. The van der Waals surface area contributed by atoms with Crippen LogP contribution in [-0.4, -0.2) is 35.4 Å². The van der Waals surface area contributed by atoms with Gasteiger partial charge in [-0.2, -0.15) is 0 Å². The first-order chi connectivity index (χ1) is 11.2. The van der Waals surface area contributed by atoms with Crippen LogP contribution < -0.4 is 5.32 Å². The van der Waals surface area contributed by atoms with E-state index in [0.717, 1.165) is 34.8 Å². The van der Waals surface area contributed by atoms with Crippen LogP contribution in [0.2, 0.25) is 0 Å². The second-order valence-electron chi connectivity index (χ2n) is 6.06. The predicted molar refractivity (Wildman–Crippen MR) is 94.3 cm³/mol. The van der Waals surface area contributed by atoms with Gasteiger partial charge in [0.2, 0.25) is 5.91 Å². The van der Waals surface area contributed by atoms with E-state index < -0.39 is 0 Å². The van der Waals surface area contributed by atoms with Crippen molar-refractivity contribution < 1.29 is 4.79 Å². The number of hydrogen-bond acceptors (Lipinski definition) is 4. The molecule has 0 bridgehead atoms. The average molecular weight is 329 g/mol. The predicted octanol–water partition coefficient (Wildman–Crippen LogP) is 3.30. The summed E-state index contributed by atoms with van der Waals surface area (Å²) >= 11 is 1.64. The van der Waals surface area contributed by atoms with E-state index in [1.54, 1.807) is 11.3 Å². The first-order valence-electron chi connectivity index (χ1n) is 8.22. The van der Waals surface area contributed by atoms with Gasteiger partial charge in [0.15, 0.2) is 0 Å². The average Bonchev–Trinajstić information content (AvgIpc) is 2.95. The van der Waals surface area contributed by atoms with Crippen molar-refractivity contribution in [1.82, 2.24) is 15.2 Å². The van der Waals surface area contributed by atoms with Crippen LogP contribution in [0.3, 0.4) is 0 Å². The standard InChI is InChI=1S/C18H23N3OS/c1-21-11-7-3-6-10-16(21)17(22)19-12-15-13-20-18(23-15)14-8-4-2-5-9-14/h2,4-5,8-9,13,16H,3,6-7,10-12H2,1H3,(H,19,22). The Balaban J connectivity index is 1.58. The van der Waals surface area contributed by atoms with Crippen molar-refractivity contribution in [3.63, 3.8) is 0 Å². The van der Waals surface area contributed by atoms with Crippen LogP contribution in [0.25, 0.3) is 10.6 Å². The Labute approximate surface area is 141 Å². The Kier molecular flexibility index (Phi) is 5.41. The highest BCUT2D eigenvalue weighted by molar-refractivity contribution is 7.15. The summed E-state index contributed by atoms with van der Waals surface area (Å²) in [5.74, 6) is 0.143. The summed E-state index contributed by atoms with van der Waals surface area (Å²) in [5, 5.41) is 4.08. The zero-order valence-corrected chi connectivity index (χ0v) is 14.3. The lowest BCUT2D eigenvalue weighted by molar-refractivity contribution is -0.126. The topological polar surface area (TPSA) is 45.2 Å². The molecule has 0 aliphatic carbocycles. The molecular weight excluding hydrogens is 306 g/mol. The lowest BCUT2D eigenvalue weighted by Crippen LogP contribution is -2.44. The summed E-state index contributed by atoms with van der Waals surface area (Å²) in [6.07, 6.45) is 6.38. The van der Waals surface area contributed by atoms with Crippen LogP contribution in [0.5, 0.6) is 0 Å². The summed E-state index contributed by atoms with van der Waals surface area (Å²) in [7, 11) is 2.05. The fraction of sp³-hybridized carbons (Fsp3) is 0.444. The monoisotopic (exact) mass is 329 g/mol. The molecule has 3 rings (SSSR count). The summed E-state index contributed by atoms with van der Waals surface area (Å²) in [4.78, 5) is 20.2. The molecule has 122 valence electrons. The number of carbonyl (C=O) groups excluding carboxylic acids is 1. The van der Waals surface area contributed by atoms with Gasteiger partial charge >= 0.3 is 0 Å². The summed E-state index contributed by atoms with van der Waals surface area (Å²) in [6, 6.07) is 10.2. The number of amides is 1. The van der Waals surface area contributed by atoms with Gasteiger partial charge in [0.1, 0.15) is 5.01 Å². The van der Waals surface area contributed by atoms with Gasteiger partial charge in [0, 0.05) is 16.6 Å². The van der Waals surface area contributed by atoms with Crippen LogP contribution >= 0.6 is 11.3 Å². The lowest BCUT2D eigenvalue weighted by atomic mass is 10.1. The zero-order valence-electron chi connectivity index (χ0n) is 13.5. The van der Waals surface area contributed by atoms with Crippen molar-refractivity contribution in [1.29, 1.82) is 0 Å². The van der Waals surface area contributed by atoms with Gasteiger partial charge in [-0.25, -0.2) is 4.98 Å². The number of thiazole rings is 1. The van der Waals surface area contributed by atoms with Crippen molar-refractivity contribution >= 4 is 17.2 Å². The molecule has 1 aliphatic heterocycles. The third-order valence-electron chi connectivity index (χ3n) is 4.33. The molecule has 4 nitrogen and oxygen atoms in total. The van der Waals surface area contributed by atoms with Gasteiger partial charge in [-0.05, 0) is 26.4 Å². The number of likely N-dealkylation sites (tertiary alicyclic amines) is 1. The highest BCUT2D eigenvalue weighted by Crippen LogP contribution is 2.24. The van der Waals surface area contributed by atoms with E-state index in [-0.39, 0.29) is 11.9 Å². The molecule has 1 aromatic heterocycles. The summed E-state index contributed by atoms with van der Waals surface area (Å²) in [6.45, 7) is 1.57. The van der Waals surface area contributed by atoms with Gasteiger partial charge in [-0.15, -0.1) is 11.3 Å². The van der Waals surface area contributed by atoms with Gasteiger partial charge in [-0.3, -0.25) is 9.69 Å². The second-order valence-corrected chi connectivity index (χ2v) is 7.18. The maximum Gasteiger partial charge on any atom is 0.237 e. The Bertz CT molecular complexity index is 641. The minimum absolute atomic E-state index is 0.0130. The van der Waals surface area contributed by atoms with E-state index in [1.165, 1.54) is 12.8 Å². The third kappa shape index (κ3) is 4.18. The van der Waals surface area contributed by atoms with E-state index in [4.69, 9.17) is 0 Å². The van der Waals surface area contributed by atoms with Crippen LogP contribution in [0.15, 0.2) is 36.5 Å². The number of nitrogens with zero attached hydrogens (tertiary/aromatic N) is 2. The smallest absolute Gasteiger partial charge is 0.237 e. The molecule has 0 saturated carbocycles. The van der Waals surface area contributed by atoms with Gasteiger partial charge in [0.05, 0.1) is 12.6 Å². The number of carbonyl (C=O) groups is 1. The Morgan fingerprint density at radius 2 is 2.13 bits per heavy atom. The molecule has 0 radical (unpaired) electrons. The van der Waals surface area contributed by atoms with Crippen molar-refractivity contribution in [3.05, 3.63) is 41.4 Å². The zero-order chi connectivity index (χ0) is 16.1. The first kappa shape index (κ1) is 16.1. The van der Waals surface area contributed by atoms with E-state index >= 15 is 0 Å². The number of likely N-dealkylation sites (N-methyl/N-ethyl adjacent to an activating group) is 1. The van der Waals surface area contributed by atoms with E-state index in [0.29, 0.717) is 6.54 Å². The van der Waals surface area contributed by atoms with E-state index in [2.05, 4.69) is 34.4 Å². The Hall–Kier alpha value is -1.72. The maximum atomic E-state index is 12.4. The quantitative estimate of drug-likeness (QED) is 0.936. The van der Waals surface area contributed by atoms with Crippen LogP contribution in [0.4, 0.5) is 0 Å². The highest BCUT2D eigenvalue weighted by Gasteiger charge is 2.24. The van der Waals surface area contributed by atoms with Gasteiger partial charge < -0.3 is 5.32 Å². The molecule has 1 atom stereocenters. The Morgan fingerprint density at radius 1 is 1.30 bits per heavy atom. The van der Waals surface area contributed by atoms with Crippen molar-refractivity contribution in [2.75, 3.05) is 13.6 Å². The molecule has 0 spiro atoms. The Morgan fingerprint density at radius 3 is 2.96 bits per heavy atom. The van der Waals surface area contributed by atoms with Gasteiger partial charge in [0.25, 0.3) is 0 Å². The van der Waals surface area contributed by atoms with E-state index in [1.807, 2.05) is 24.4 Å². The summed E-state index contributed by atoms with van der Waals surface area (Å²) < 4.78 is 0. The van der Waals surface area contributed by atoms with Crippen molar-refractivity contribution in [3.8, 4) is 10.6 Å². The number of nitrogens with one attached hydrogen (secondary N) is 1. The highest BCUT2D eigenvalue weighted by atomic mass is 32.1. The molecule has 1 saturated heterocycles. The number of benzene rings is 1. The second kappa shape index (κ2) is 7.70. The molecule has 1 fully saturated rings. The van der Waals surface area contributed by atoms with Crippen LogP contribution in [0, 0.1) is 0 Å². The van der Waals surface area contributed by atoms with Crippen molar-refractivity contribution in [2.45, 2.75) is 38.3 Å². The lowest BCUT2D eigenvalue weighted by Gasteiger charge is -2.24. The molecule has 1 N–H and O–H groups in total. The maximum absolute atomic E-state index is 12.4. The van der Waals surface area contributed by atoms with Crippen molar-refractivity contribution in [2.24, 2.45) is 0 Å². The van der Waals surface area contributed by atoms with E-state index in [9.17, 15) is 4.79 Å². The molecule has 1 unspecified atom stereocenters. The molecular formula is C18H23N3OS. The van der Waals surface area contributed by atoms with Crippen LogP contribution in [0.1, 0.15) is 30.6 Å². The van der Waals surface area contributed by atoms with Gasteiger partial charge in [-0.1, -0.05) is 43.2 Å². The number of hydrogen-bond donors (Lipinski definition) is 1. The SMILES string of the molecule is CN1CCCCCC1C(=O)NCc1cnc(-c2ccccc2)s1. The van der Waals surface area contributed by atoms with Crippen LogP contribution in [-0.2, 0) is 11.3 Å². The third-order valence-corrected chi connectivity index (χ3v) is 5.38. The number of rotatable bonds is 4. The molecule has 2 heterocycles. The molecule has 1 aliphatic rings. The minimum atomic E-state index is 0.0130. The fourth-order valence-electron chi connectivity index (χ4n) is 2.98. The molecule has 5 heteroatoms. The largest absolute Gasteiger partial charge is 0.350 e. The molecule has 1 amide bonds. The first-order valence-corrected chi connectivity index (χ1v) is 9.04. The normalized spacial score (nSPS) is 19.3. The molecule has 23 heavy (non-hydrogen) atoms. The fourth-order valence-corrected chi connectivity index (χ4v) is 3.84. The number of aromatic nitrogens is 1. The molecule has 1 aromatic carbocycles. The minimum Gasteiger partial charge on any atom is -0.350 e.